The first-order valence-corrected chi connectivity index (χ1v) is 11.3. The Morgan fingerprint density at radius 2 is 1.37 bits per heavy atom. The molecule has 1 amide bonds. The summed E-state index contributed by atoms with van der Waals surface area (Å²) in [5.74, 6) is -0.495. The van der Waals surface area contributed by atoms with E-state index in [2.05, 4.69) is 5.32 Å². The molecular weight excluding hydrogens is 443 g/mol. The van der Waals surface area contributed by atoms with Crippen LogP contribution in [0.15, 0.2) is 71.6 Å². The maximum absolute atomic E-state index is 13.4. The van der Waals surface area contributed by atoms with Gasteiger partial charge in [-0.15, -0.1) is 0 Å². The minimum atomic E-state index is -4.04. The van der Waals surface area contributed by atoms with Crippen molar-refractivity contribution in [1.82, 2.24) is 0 Å². The summed E-state index contributed by atoms with van der Waals surface area (Å²) < 4.78 is 27.7. The van der Waals surface area contributed by atoms with Crippen molar-refractivity contribution in [2.75, 3.05) is 16.2 Å². The molecule has 0 aromatic heterocycles. The number of halogens is 2. The normalized spacial score (nSPS) is 11.2. The topological polar surface area (TPSA) is 66.5 Å². The van der Waals surface area contributed by atoms with Gasteiger partial charge in [0.15, 0.2) is 0 Å². The molecule has 0 aliphatic carbocycles. The smallest absolute Gasteiger partial charge is 0.264 e. The highest BCUT2D eigenvalue weighted by molar-refractivity contribution is 7.92. The molecule has 3 aromatic carbocycles. The Morgan fingerprint density at radius 3 is 1.90 bits per heavy atom. The number of hydrogen-bond donors (Lipinski definition) is 1. The molecule has 0 saturated carbocycles. The molecule has 0 saturated heterocycles. The van der Waals surface area contributed by atoms with Crippen LogP contribution in [0.25, 0.3) is 0 Å². The second kappa shape index (κ2) is 9.08. The number of amides is 1. The van der Waals surface area contributed by atoms with Gasteiger partial charge < -0.3 is 5.32 Å². The van der Waals surface area contributed by atoms with Crippen molar-refractivity contribution in [2.45, 2.75) is 18.7 Å². The van der Waals surface area contributed by atoms with Crippen LogP contribution < -0.4 is 9.62 Å². The summed E-state index contributed by atoms with van der Waals surface area (Å²) in [6.45, 7) is 3.35. The minimum Gasteiger partial charge on any atom is -0.325 e. The van der Waals surface area contributed by atoms with Gasteiger partial charge in [0.1, 0.15) is 6.54 Å². The molecule has 0 aliphatic heterocycles. The number of hydrogen-bond acceptors (Lipinski definition) is 3. The van der Waals surface area contributed by atoms with Gasteiger partial charge in [-0.2, -0.15) is 0 Å². The van der Waals surface area contributed by atoms with Gasteiger partial charge in [0.2, 0.25) is 5.91 Å². The van der Waals surface area contributed by atoms with E-state index in [1.54, 1.807) is 24.3 Å². The fourth-order valence-corrected chi connectivity index (χ4v) is 4.72. The predicted molar refractivity (Wildman–Crippen MR) is 122 cm³/mol. The summed E-state index contributed by atoms with van der Waals surface area (Å²) in [5.41, 5.74) is 2.74. The molecule has 0 spiro atoms. The van der Waals surface area contributed by atoms with Gasteiger partial charge in [0, 0.05) is 15.7 Å². The van der Waals surface area contributed by atoms with Gasteiger partial charge in [-0.25, -0.2) is 8.42 Å². The molecule has 0 radical (unpaired) electrons. The third-order valence-electron chi connectivity index (χ3n) is 4.37. The molecule has 5 nitrogen and oxygen atoms in total. The van der Waals surface area contributed by atoms with E-state index < -0.39 is 22.5 Å². The molecule has 0 heterocycles. The SMILES string of the molecule is Cc1ccc(NC(=O)CN(c2cc(Cl)cc(Cl)c2)S(=O)(=O)c2ccc(C)cc2)cc1. The van der Waals surface area contributed by atoms with Crippen LogP contribution in [0.2, 0.25) is 10.0 Å². The van der Waals surface area contributed by atoms with Crippen LogP contribution in [-0.4, -0.2) is 20.9 Å². The maximum atomic E-state index is 13.4. The zero-order valence-electron chi connectivity index (χ0n) is 16.4. The summed E-state index contributed by atoms with van der Waals surface area (Å²) in [7, 11) is -4.04. The third-order valence-corrected chi connectivity index (χ3v) is 6.59. The summed E-state index contributed by atoms with van der Waals surface area (Å²) in [4.78, 5) is 12.8. The van der Waals surface area contributed by atoms with E-state index in [1.165, 1.54) is 30.3 Å². The summed E-state index contributed by atoms with van der Waals surface area (Å²) in [5, 5.41) is 3.25. The lowest BCUT2D eigenvalue weighted by Crippen LogP contribution is -2.38. The number of aryl methyl sites for hydroxylation is 2. The first-order valence-electron chi connectivity index (χ1n) is 9.07. The average Bonchev–Trinajstić information content (AvgIpc) is 2.67. The Labute approximate surface area is 186 Å². The van der Waals surface area contributed by atoms with Crippen LogP contribution in [0.5, 0.6) is 0 Å². The van der Waals surface area contributed by atoms with Crippen molar-refractivity contribution in [3.63, 3.8) is 0 Å². The molecule has 3 rings (SSSR count). The molecule has 0 bridgehead atoms. The van der Waals surface area contributed by atoms with Crippen molar-refractivity contribution in [3.8, 4) is 0 Å². The molecule has 0 aliphatic rings. The van der Waals surface area contributed by atoms with E-state index in [4.69, 9.17) is 23.2 Å². The van der Waals surface area contributed by atoms with Gasteiger partial charge in [0.25, 0.3) is 10.0 Å². The first kappa shape index (κ1) is 22.2. The number of sulfonamides is 1. The highest BCUT2D eigenvalue weighted by Gasteiger charge is 2.28. The fraction of sp³-hybridized carbons (Fsp3) is 0.136. The van der Waals surface area contributed by atoms with Crippen LogP contribution in [0.1, 0.15) is 11.1 Å². The van der Waals surface area contributed by atoms with E-state index in [-0.39, 0.29) is 20.6 Å². The Morgan fingerprint density at radius 1 is 0.867 bits per heavy atom. The standard InChI is InChI=1S/C22H20Cl2N2O3S/c1-15-3-7-19(8-4-15)25-22(27)14-26(20-12-17(23)11-18(24)13-20)30(28,29)21-9-5-16(2)6-10-21/h3-13H,14H2,1-2H3,(H,25,27). The monoisotopic (exact) mass is 462 g/mol. The lowest BCUT2D eigenvalue weighted by molar-refractivity contribution is -0.114. The third kappa shape index (κ3) is 5.33. The second-order valence-electron chi connectivity index (χ2n) is 6.87. The van der Waals surface area contributed by atoms with Gasteiger partial charge >= 0.3 is 0 Å². The van der Waals surface area contributed by atoms with Crippen LogP contribution >= 0.6 is 23.2 Å². The van der Waals surface area contributed by atoms with Crippen molar-refractivity contribution in [2.24, 2.45) is 0 Å². The molecule has 0 fully saturated rings. The second-order valence-corrected chi connectivity index (χ2v) is 9.60. The summed E-state index contributed by atoms with van der Waals surface area (Å²) in [6.07, 6.45) is 0. The van der Waals surface area contributed by atoms with Gasteiger partial charge in [0.05, 0.1) is 10.6 Å². The zero-order valence-corrected chi connectivity index (χ0v) is 18.7. The zero-order chi connectivity index (χ0) is 21.9. The predicted octanol–water partition coefficient (Wildman–Crippen LogP) is 5.44. The number of rotatable bonds is 6. The number of carbonyl (C=O) groups excluding carboxylic acids is 1. The molecule has 0 atom stereocenters. The number of anilines is 2. The molecular formula is C22H20Cl2N2O3S. The van der Waals surface area contributed by atoms with Crippen molar-refractivity contribution in [1.29, 1.82) is 0 Å². The molecule has 156 valence electrons. The van der Waals surface area contributed by atoms with Crippen LogP contribution in [0.4, 0.5) is 11.4 Å². The van der Waals surface area contributed by atoms with Crippen molar-refractivity contribution in [3.05, 3.63) is 87.9 Å². The Balaban J connectivity index is 1.97. The molecule has 0 unspecified atom stereocenters. The molecule has 30 heavy (non-hydrogen) atoms. The van der Waals surface area contributed by atoms with Crippen LogP contribution in [0, 0.1) is 13.8 Å². The van der Waals surface area contributed by atoms with Gasteiger partial charge in [-0.05, 0) is 56.3 Å². The molecule has 1 N–H and O–H groups in total. The van der Waals surface area contributed by atoms with Crippen molar-refractivity contribution < 1.29 is 13.2 Å². The molecule has 3 aromatic rings. The Hall–Kier alpha value is -2.54. The summed E-state index contributed by atoms with van der Waals surface area (Å²) >= 11 is 12.2. The quantitative estimate of drug-likeness (QED) is 0.529. The Bertz CT molecular complexity index is 1140. The van der Waals surface area contributed by atoms with E-state index in [1.807, 2.05) is 26.0 Å². The highest BCUT2D eigenvalue weighted by atomic mass is 35.5. The number of benzene rings is 3. The van der Waals surface area contributed by atoms with E-state index >= 15 is 0 Å². The lowest BCUT2D eigenvalue weighted by atomic mass is 10.2. The number of carbonyl (C=O) groups is 1. The average molecular weight is 463 g/mol. The van der Waals surface area contributed by atoms with E-state index in [0.29, 0.717) is 5.69 Å². The highest BCUT2D eigenvalue weighted by Crippen LogP contribution is 2.30. The maximum Gasteiger partial charge on any atom is 0.264 e. The van der Waals surface area contributed by atoms with Gasteiger partial charge in [-0.3, -0.25) is 9.10 Å². The lowest BCUT2D eigenvalue weighted by Gasteiger charge is -2.24. The largest absolute Gasteiger partial charge is 0.325 e. The van der Waals surface area contributed by atoms with Crippen LogP contribution in [-0.2, 0) is 14.8 Å². The first-order chi connectivity index (χ1) is 14.1. The van der Waals surface area contributed by atoms with Crippen molar-refractivity contribution >= 4 is 50.5 Å². The minimum absolute atomic E-state index is 0.0623. The van der Waals surface area contributed by atoms with E-state index in [9.17, 15) is 13.2 Å². The fourth-order valence-electron chi connectivity index (χ4n) is 2.80. The number of nitrogens with one attached hydrogen (secondary N) is 1. The Kier molecular flexibility index (Phi) is 6.71. The molecule has 8 heteroatoms. The van der Waals surface area contributed by atoms with Crippen LogP contribution in [0.3, 0.4) is 0 Å². The van der Waals surface area contributed by atoms with E-state index in [0.717, 1.165) is 15.4 Å². The number of nitrogens with zero attached hydrogens (tertiary/aromatic N) is 1. The van der Waals surface area contributed by atoms with Gasteiger partial charge in [-0.1, -0.05) is 58.6 Å². The summed E-state index contributed by atoms with van der Waals surface area (Å²) in [6, 6.07) is 18.0.